The van der Waals surface area contributed by atoms with Crippen molar-refractivity contribution in [2.24, 2.45) is 7.05 Å². The Kier molecular flexibility index (Phi) is 3.53. The molecule has 0 radical (unpaired) electrons. The van der Waals surface area contributed by atoms with Gasteiger partial charge in [-0.15, -0.1) is 0 Å². The van der Waals surface area contributed by atoms with Gasteiger partial charge in [0.05, 0.1) is 17.4 Å². The standard InChI is InChI=1S/C15H22N4/c1-3-14(19-8-6-16-7-9-19)12-4-5-15-13(10-12)17-11-18(15)2/h4-5,10-11,14,16H,3,6-9H2,1-2H3. The number of hydrogen-bond donors (Lipinski definition) is 1. The molecule has 2 aromatic rings. The van der Waals surface area contributed by atoms with Gasteiger partial charge in [-0.25, -0.2) is 4.98 Å². The van der Waals surface area contributed by atoms with Crippen molar-refractivity contribution in [1.82, 2.24) is 19.8 Å². The number of hydrogen-bond acceptors (Lipinski definition) is 3. The van der Waals surface area contributed by atoms with E-state index < -0.39 is 0 Å². The molecule has 1 aromatic carbocycles. The van der Waals surface area contributed by atoms with Crippen LogP contribution in [0.4, 0.5) is 0 Å². The zero-order chi connectivity index (χ0) is 13.2. The number of benzene rings is 1. The number of fused-ring (bicyclic) bond motifs is 1. The van der Waals surface area contributed by atoms with Crippen molar-refractivity contribution in [3.63, 3.8) is 0 Å². The van der Waals surface area contributed by atoms with Gasteiger partial charge in [0.2, 0.25) is 0 Å². The fraction of sp³-hybridized carbons (Fsp3) is 0.533. The predicted molar refractivity (Wildman–Crippen MR) is 78.2 cm³/mol. The third kappa shape index (κ3) is 2.38. The highest BCUT2D eigenvalue weighted by molar-refractivity contribution is 5.76. The van der Waals surface area contributed by atoms with Gasteiger partial charge in [-0.05, 0) is 24.1 Å². The Balaban J connectivity index is 1.91. The highest BCUT2D eigenvalue weighted by Gasteiger charge is 2.20. The van der Waals surface area contributed by atoms with E-state index >= 15 is 0 Å². The van der Waals surface area contributed by atoms with Gasteiger partial charge in [-0.2, -0.15) is 0 Å². The van der Waals surface area contributed by atoms with Gasteiger partial charge in [0.25, 0.3) is 0 Å². The van der Waals surface area contributed by atoms with Crippen LogP contribution in [0, 0.1) is 0 Å². The van der Waals surface area contributed by atoms with Crippen molar-refractivity contribution in [2.45, 2.75) is 19.4 Å². The summed E-state index contributed by atoms with van der Waals surface area (Å²) in [5.74, 6) is 0. The molecule has 1 aromatic heterocycles. The molecule has 1 N–H and O–H groups in total. The smallest absolute Gasteiger partial charge is 0.0955 e. The van der Waals surface area contributed by atoms with E-state index in [1.54, 1.807) is 0 Å². The molecule has 19 heavy (non-hydrogen) atoms. The van der Waals surface area contributed by atoms with Crippen molar-refractivity contribution in [3.8, 4) is 0 Å². The zero-order valence-corrected chi connectivity index (χ0v) is 11.8. The normalized spacial score (nSPS) is 18.8. The van der Waals surface area contributed by atoms with Gasteiger partial charge in [0.15, 0.2) is 0 Å². The van der Waals surface area contributed by atoms with E-state index in [4.69, 9.17) is 0 Å². The van der Waals surface area contributed by atoms with Crippen LogP contribution in [-0.2, 0) is 7.05 Å². The Labute approximate surface area is 114 Å². The summed E-state index contributed by atoms with van der Waals surface area (Å²) >= 11 is 0. The monoisotopic (exact) mass is 258 g/mol. The molecule has 0 saturated carbocycles. The van der Waals surface area contributed by atoms with Crippen LogP contribution in [0.25, 0.3) is 11.0 Å². The van der Waals surface area contributed by atoms with Gasteiger partial charge in [-0.3, -0.25) is 4.90 Å². The van der Waals surface area contributed by atoms with Crippen LogP contribution in [-0.4, -0.2) is 40.6 Å². The molecule has 1 fully saturated rings. The second-order valence-electron chi connectivity index (χ2n) is 5.31. The summed E-state index contributed by atoms with van der Waals surface area (Å²) in [6, 6.07) is 7.24. The predicted octanol–water partition coefficient (Wildman–Crippen LogP) is 1.93. The minimum atomic E-state index is 0.522. The van der Waals surface area contributed by atoms with Gasteiger partial charge in [0.1, 0.15) is 0 Å². The average molecular weight is 258 g/mol. The number of nitrogens with one attached hydrogen (secondary N) is 1. The van der Waals surface area contributed by atoms with E-state index in [1.165, 1.54) is 11.1 Å². The number of nitrogens with zero attached hydrogens (tertiary/aromatic N) is 3. The molecule has 1 aliphatic rings. The number of piperazine rings is 1. The molecule has 1 aliphatic heterocycles. The van der Waals surface area contributed by atoms with E-state index in [1.807, 2.05) is 13.4 Å². The SMILES string of the molecule is CCC(c1ccc2c(c1)ncn2C)N1CCNCC1. The second kappa shape index (κ2) is 5.31. The number of rotatable bonds is 3. The molecule has 3 rings (SSSR count). The third-order valence-electron chi connectivity index (χ3n) is 4.11. The Bertz CT molecular complexity index is 554. The summed E-state index contributed by atoms with van der Waals surface area (Å²) in [5.41, 5.74) is 3.71. The highest BCUT2D eigenvalue weighted by Crippen LogP contribution is 2.26. The van der Waals surface area contributed by atoms with Crippen LogP contribution in [0.2, 0.25) is 0 Å². The maximum atomic E-state index is 4.47. The molecule has 0 aliphatic carbocycles. The van der Waals surface area contributed by atoms with Crippen molar-refractivity contribution in [1.29, 1.82) is 0 Å². The minimum absolute atomic E-state index is 0.522. The van der Waals surface area contributed by atoms with Gasteiger partial charge in [0, 0.05) is 39.3 Å². The van der Waals surface area contributed by atoms with Crippen molar-refractivity contribution in [2.75, 3.05) is 26.2 Å². The Hall–Kier alpha value is -1.39. The lowest BCUT2D eigenvalue weighted by atomic mass is 10.0. The maximum absolute atomic E-state index is 4.47. The van der Waals surface area contributed by atoms with Crippen LogP contribution in [0.15, 0.2) is 24.5 Å². The summed E-state index contributed by atoms with van der Waals surface area (Å²) in [4.78, 5) is 7.06. The van der Waals surface area contributed by atoms with Crippen molar-refractivity contribution >= 4 is 11.0 Å². The van der Waals surface area contributed by atoms with E-state index in [0.717, 1.165) is 38.1 Å². The number of aromatic nitrogens is 2. The molecule has 1 unspecified atom stereocenters. The lowest BCUT2D eigenvalue weighted by Gasteiger charge is -2.34. The number of imidazole rings is 1. The van der Waals surface area contributed by atoms with Crippen LogP contribution >= 0.6 is 0 Å². The molecule has 2 heterocycles. The third-order valence-corrected chi connectivity index (χ3v) is 4.11. The molecule has 102 valence electrons. The second-order valence-corrected chi connectivity index (χ2v) is 5.31. The van der Waals surface area contributed by atoms with Gasteiger partial charge >= 0.3 is 0 Å². The van der Waals surface area contributed by atoms with E-state index in [2.05, 4.69) is 44.9 Å². The summed E-state index contributed by atoms with van der Waals surface area (Å²) in [5, 5.41) is 3.42. The molecule has 4 nitrogen and oxygen atoms in total. The quantitative estimate of drug-likeness (QED) is 0.913. The highest BCUT2D eigenvalue weighted by atomic mass is 15.2. The summed E-state index contributed by atoms with van der Waals surface area (Å²) in [6.45, 7) is 6.75. The number of aryl methyl sites for hydroxylation is 1. The van der Waals surface area contributed by atoms with Crippen molar-refractivity contribution in [3.05, 3.63) is 30.1 Å². The molecule has 1 saturated heterocycles. The Morgan fingerprint density at radius 2 is 2.11 bits per heavy atom. The zero-order valence-electron chi connectivity index (χ0n) is 11.8. The van der Waals surface area contributed by atoms with E-state index in [-0.39, 0.29) is 0 Å². The first kappa shape index (κ1) is 12.6. The lowest BCUT2D eigenvalue weighted by molar-refractivity contribution is 0.169. The summed E-state index contributed by atoms with van der Waals surface area (Å²) in [7, 11) is 2.04. The topological polar surface area (TPSA) is 33.1 Å². The molecular formula is C15H22N4. The fourth-order valence-electron chi connectivity index (χ4n) is 3.06. The molecule has 4 heteroatoms. The van der Waals surface area contributed by atoms with Crippen LogP contribution in [0.5, 0.6) is 0 Å². The van der Waals surface area contributed by atoms with Crippen LogP contribution in [0.3, 0.4) is 0 Å². The van der Waals surface area contributed by atoms with Gasteiger partial charge in [-0.1, -0.05) is 13.0 Å². The first-order chi connectivity index (χ1) is 9.29. The van der Waals surface area contributed by atoms with Crippen LogP contribution in [0.1, 0.15) is 24.9 Å². The Morgan fingerprint density at radius 3 is 2.84 bits per heavy atom. The average Bonchev–Trinajstić information content (AvgIpc) is 2.82. The molecule has 0 amide bonds. The van der Waals surface area contributed by atoms with Crippen molar-refractivity contribution < 1.29 is 0 Å². The molecule has 0 spiro atoms. The first-order valence-corrected chi connectivity index (χ1v) is 7.15. The largest absolute Gasteiger partial charge is 0.334 e. The summed E-state index contributed by atoms with van der Waals surface area (Å²) in [6.07, 6.45) is 3.04. The summed E-state index contributed by atoms with van der Waals surface area (Å²) < 4.78 is 2.07. The van der Waals surface area contributed by atoms with Crippen LogP contribution < -0.4 is 5.32 Å². The molecule has 0 bridgehead atoms. The lowest BCUT2D eigenvalue weighted by Crippen LogP contribution is -2.45. The van der Waals surface area contributed by atoms with E-state index in [9.17, 15) is 0 Å². The Morgan fingerprint density at radius 1 is 1.32 bits per heavy atom. The maximum Gasteiger partial charge on any atom is 0.0955 e. The first-order valence-electron chi connectivity index (χ1n) is 7.15. The van der Waals surface area contributed by atoms with Gasteiger partial charge < -0.3 is 9.88 Å². The fourth-order valence-corrected chi connectivity index (χ4v) is 3.06. The minimum Gasteiger partial charge on any atom is -0.334 e. The molecule has 1 atom stereocenters. The molecular weight excluding hydrogens is 236 g/mol. The van der Waals surface area contributed by atoms with E-state index in [0.29, 0.717) is 6.04 Å².